The monoisotopic (exact) mass is 210 g/mol. The summed E-state index contributed by atoms with van der Waals surface area (Å²) in [4.78, 5) is 24.2. The molecule has 0 aromatic heterocycles. The Balaban J connectivity index is 2.94. The van der Waals surface area contributed by atoms with E-state index in [9.17, 15) is 9.59 Å². The largest absolute Gasteiger partial charge is 0.299 e. The normalized spacial score (nSPS) is 30.7. The highest BCUT2D eigenvalue weighted by molar-refractivity contribution is 6.06. The van der Waals surface area contributed by atoms with Gasteiger partial charge in [0.25, 0.3) is 0 Å². The van der Waals surface area contributed by atoms with Crippen LogP contribution < -0.4 is 0 Å². The van der Waals surface area contributed by atoms with E-state index in [1.165, 1.54) is 0 Å². The lowest BCUT2D eigenvalue weighted by molar-refractivity contribution is -0.145. The molecule has 0 heterocycles. The maximum absolute atomic E-state index is 12.2. The van der Waals surface area contributed by atoms with Crippen molar-refractivity contribution < 1.29 is 9.59 Å². The molecule has 0 N–H and O–H groups in total. The third-order valence-corrected chi connectivity index (χ3v) is 3.62. The van der Waals surface area contributed by atoms with Crippen molar-refractivity contribution >= 4 is 11.6 Å². The molecule has 2 nitrogen and oxygen atoms in total. The van der Waals surface area contributed by atoms with Crippen LogP contribution in [-0.2, 0) is 9.59 Å². The molecular weight excluding hydrogens is 188 g/mol. The highest BCUT2D eigenvalue weighted by Gasteiger charge is 2.44. The average molecular weight is 210 g/mol. The van der Waals surface area contributed by atoms with Gasteiger partial charge in [-0.15, -0.1) is 0 Å². The van der Waals surface area contributed by atoms with Gasteiger partial charge in [-0.2, -0.15) is 0 Å². The summed E-state index contributed by atoms with van der Waals surface area (Å²) in [6.45, 7) is 9.70. The highest BCUT2D eigenvalue weighted by Crippen LogP contribution is 2.39. The molecule has 1 fully saturated rings. The van der Waals surface area contributed by atoms with Crippen LogP contribution >= 0.6 is 0 Å². The quantitative estimate of drug-likeness (QED) is 0.657. The lowest BCUT2D eigenvalue weighted by Crippen LogP contribution is -2.44. The predicted octanol–water partition coefficient (Wildman–Crippen LogP) is 2.85. The van der Waals surface area contributed by atoms with E-state index >= 15 is 0 Å². The molecule has 1 rings (SSSR count). The Bertz CT molecular complexity index is 276. The number of Topliss-reactive ketones (excluding diaryl/α,β-unsaturated/α-hetero) is 2. The number of carbonyl (C=O) groups excluding carboxylic acids is 2. The molecule has 2 unspecified atom stereocenters. The molecule has 0 saturated heterocycles. The molecule has 0 aromatic carbocycles. The van der Waals surface area contributed by atoms with Crippen molar-refractivity contribution in [2.75, 3.05) is 0 Å². The molecule has 1 aliphatic rings. The van der Waals surface area contributed by atoms with Crippen molar-refractivity contribution in [3.05, 3.63) is 0 Å². The minimum atomic E-state index is -0.353. The first-order valence-corrected chi connectivity index (χ1v) is 5.85. The van der Waals surface area contributed by atoms with Gasteiger partial charge >= 0.3 is 0 Å². The number of hydrogen-bond donors (Lipinski definition) is 0. The smallest absolute Gasteiger partial charge is 0.149 e. The van der Waals surface area contributed by atoms with E-state index in [-0.39, 0.29) is 34.7 Å². The van der Waals surface area contributed by atoms with Crippen LogP contribution in [0.5, 0.6) is 0 Å². The summed E-state index contributed by atoms with van der Waals surface area (Å²) in [6, 6.07) is 0. The first-order chi connectivity index (χ1) is 6.77. The zero-order valence-electron chi connectivity index (χ0n) is 10.5. The van der Waals surface area contributed by atoms with E-state index in [4.69, 9.17) is 0 Å². The van der Waals surface area contributed by atoms with Gasteiger partial charge in [-0.3, -0.25) is 9.59 Å². The molecule has 0 aliphatic heterocycles. The topological polar surface area (TPSA) is 34.1 Å². The van der Waals surface area contributed by atoms with Crippen molar-refractivity contribution in [3.63, 3.8) is 0 Å². The van der Waals surface area contributed by atoms with Gasteiger partial charge in [-0.1, -0.05) is 34.6 Å². The second-order valence-corrected chi connectivity index (χ2v) is 5.80. The van der Waals surface area contributed by atoms with E-state index in [2.05, 4.69) is 0 Å². The lowest BCUT2D eigenvalue weighted by atomic mass is 9.64. The fourth-order valence-corrected chi connectivity index (χ4v) is 2.33. The zero-order valence-corrected chi connectivity index (χ0v) is 10.5. The molecule has 0 radical (unpaired) electrons. The average Bonchev–Trinajstić information content (AvgIpc) is 2.12. The van der Waals surface area contributed by atoms with E-state index in [1.807, 2.05) is 34.6 Å². The van der Waals surface area contributed by atoms with Crippen LogP contribution in [0.15, 0.2) is 0 Å². The van der Waals surface area contributed by atoms with E-state index in [0.29, 0.717) is 0 Å². The SMILES string of the molecule is CC(C)C(=O)C1C(=O)C(C)(C)CCC1C. The Morgan fingerprint density at radius 1 is 1.40 bits per heavy atom. The van der Waals surface area contributed by atoms with Crippen LogP contribution in [0.2, 0.25) is 0 Å². The molecule has 0 aromatic rings. The molecular formula is C13H22O2. The minimum Gasteiger partial charge on any atom is -0.299 e. The van der Waals surface area contributed by atoms with Gasteiger partial charge in [0.05, 0.1) is 5.92 Å². The van der Waals surface area contributed by atoms with Gasteiger partial charge in [-0.05, 0) is 18.8 Å². The number of hydrogen-bond acceptors (Lipinski definition) is 2. The second kappa shape index (κ2) is 4.07. The molecule has 15 heavy (non-hydrogen) atoms. The third-order valence-electron chi connectivity index (χ3n) is 3.62. The van der Waals surface area contributed by atoms with Crippen molar-refractivity contribution in [1.29, 1.82) is 0 Å². The molecule has 86 valence electrons. The summed E-state index contributed by atoms with van der Waals surface area (Å²) >= 11 is 0. The first kappa shape index (κ1) is 12.4. The van der Waals surface area contributed by atoms with Gasteiger partial charge in [0, 0.05) is 11.3 Å². The molecule has 2 heteroatoms. The Labute approximate surface area is 92.4 Å². The fourth-order valence-electron chi connectivity index (χ4n) is 2.33. The number of carbonyl (C=O) groups is 2. The van der Waals surface area contributed by atoms with Crippen molar-refractivity contribution in [2.45, 2.75) is 47.5 Å². The maximum atomic E-state index is 12.2. The number of rotatable bonds is 2. The van der Waals surface area contributed by atoms with Crippen LogP contribution in [0.1, 0.15) is 47.5 Å². The summed E-state index contributed by atoms with van der Waals surface area (Å²) in [7, 11) is 0. The van der Waals surface area contributed by atoms with Crippen LogP contribution in [0, 0.1) is 23.2 Å². The summed E-state index contributed by atoms with van der Waals surface area (Å²) in [5.74, 6) is 0.115. The van der Waals surface area contributed by atoms with Gasteiger partial charge in [0.2, 0.25) is 0 Å². The van der Waals surface area contributed by atoms with Crippen LogP contribution in [0.25, 0.3) is 0 Å². The summed E-state index contributed by atoms with van der Waals surface area (Å²) in [5, 5.41) is 0. The van der Waals surface area contributed by atoms with E-state index in [0.717, 1.165) is 12.8 Å². The van der Waals surface area contributed by atoms with Crippen molar-refractivity contribution in [3.8, 4) is 0 Å². The molecule has 2 atom stereocenters. The number of ketones is 2. The van der Waals surface area contributed by atoms with E-state index in [1.54, 1.807) is 0 Å². The molecule has 1 aliphatic carbocycles. The third kappa shape index (κ3) is 2.30. The predicted molar refractivity (Wildman–Crippen MR) is 60.5 cm³/mol. The highest BCUT2D eigenvalue weighted by atomic mass is 16.2. The lowest BCUT2D eigenvalue weighted by Gasteiger charge is -2.37. The molecule has 0 amide bonds. The Kier molecular flexibility index (Phi) is 3.37. The fraction of sp³-hybridized carbons (Fsp3) is 0.846. The Morgan fingerprint density at radius 3 is 2.40 bits per heavy atom. The second-order valence-electron chi connectivity index (χ2n) is 5.80. The summed E-state index contributed by atoms with van der Waals surface area (Å²) in [6.07, 6.45) is 1.90. The maximum Gasteiger partial charge on any atom is 0.149 e. The summed E-state index contributed by atoms with van der Waals surface area (Å²) < 4.78 is 0. The van der Waals surface area contributed by atoms with E-state index < -0.39 is 0 Å². The Hall–Kier alpha value is -0.660. The van der Waals surface area contributed by atoms with Crippen LogP contribution in [0.3, 0.4) is 0 Å². The molecule has 0 spiro atoms. The minimum absolute atomic E-state index is 0.0321. The first-order valence-electron chi connectivity index (χ1n) is 5.85. The standard InChI is InChI=1S/C13H22O2/c1-8(2)11(14)10-9(3)6-7-13(4,5)12(10)15/h8-10H,6-7H2,1-5H3. The summed E-state index contributed by atoms with van der Waals surface area (Å²) in [5.41, 5.74) is -0.304. The van der Waals surface area contributed by atoms with Crippen LogP contribution in [0.4, 0.5) is 0 Å². The molecule has 1 saturated carbocycles. The molecule has 0 bridgehead atoms. The van der Waals surface area contributed by atoms with Crippen LogP contribution in [-0.4, -0.2) is 11.6 Å². The van der Waals surface area contributed by atoms with Gasteiger partial charge in [-0.25, -0.2) is 0 Å². The van der Waals surface area contributed by atoms with Crippen molar-refractivity contribution in [2.24, 2.45) is 23.2 Å². The van der Waals surface area contributed by atoms with Gasteiger partial charge in [0.1, 0.15) is 11.6 Å². The Morgan fingerprint density at radius 2 is 1.93 bits per heavy atom. The van der Waals surface area contributed by atoms with Crippen molar-refractivity contribution in [1.82, 2.24) is 0 Å². The van der Waals surface area contributed by atoms with Gasteiger partial charge in [0.15, 0.2) is 0 Å². The van der Waals surface area contributed by atoms with Gasteiger partial charge < -0.3 is 0 Å². The zero-order chi connectivity index (χ0) is 11.8.